The first-order chi connectivity index (χ1) is 8.45. The lowest BCUT2D eigenvalue weighted by atomic mass is 10.0. The van der Waals surface area contributed by atoms with Crippen LogP contribution in [0.5, 0.6) is 0 Å². The molecule has 4 heteroatoms. The molecule has 3 rings (SSSR count). The van der Waals surface area contributed by atoms with E-state index >= 15 is 0 Å². The fourth-order valence-electron chi connectivity index (χ4n) is 3.01. The molecule has 0 aromatic carbocycles. The van der Waals surface area contributed by atoms with Gasteiger partial charge in [-0.1, -0.05) is 19.3 Å². The van der Waals surface area contributed by atoms with Crippen molar-refractivity contribution in [1.82, 2.24) is 20.1 Å². The summed E-state index contributed by atoms with van der Waals surface area (Å²) in [4.78, 5) is 0. The van der Waals surface area contributed by atoms with E-state index in [1.807, 2.05) is 0 Å². The van der Waals surface area contributed by atoms with Crippen LogP contribution in [-0.4, -0.2) is 21.3 Å². The van der Waals surface area contributed by atoms with E-state index in [0.717, 1.165) is 19.5 Å². The van der Waals surface area contributed by atoms with E-state index < -0.39 is 0 Å². The molecule has 1 saturated heterocycles. The highest BCUT2D eigenvalue weighted by molar-refractivity contribution is 5.03. The second-order valence-corrected chi connectivity index (χ2v) is 5.29. The quantitative estimate of drug-likeness (QED) is 0.810. The summed E-state index contributed by atoms with van der Waals surface area (Å²) in [6, 6.07) is 0.439. The smallest absolute Gasteiger partial charge is 0.150 e. The molecule has 0 amide bonds. The first-order valence-corrected chi connectivity index (χ1v) is 7.10. The predicted octanol–water partition coefficient (Wildman–Crippen LogP) is 2.21. The van der Waals surface area contributed by atoms with Crippen molar-refractivity contribution in [2.75, 3.05) is 6.54 Å². The van der Waals surface area contributed by atoms with Gasteiger partial charge < -0.3 is 9.88 Å². The zero-order valence-electron chi connectivity index (χ0n) is 10.5. The van der Waals surface area contributed by atoms with Crippen LogP contribution in [0.1, 0.15) is 62.6 Å². The van der Waals surface area contributed by atoms with E-state index in [2.05, 4.69) is 20.1 Å². The normalized spacial score (nSPS) is 26.0. The molecular weight excluding hydrogens is 212 g/mol. The summed E-state index contributed by atoms with van der Waals surface area (Å²) < 4.78 is 2.36. The summed E-state index contributed by atoms with van der Waals surface area (Å²) in [5.41, 5.74) is 0. The van der Waals surface area contributed by atoms with Crippen LogP contribution in [0, 0.1) is 0 Å². The van der Waals surface area contributed by atoms with E-state index in [9.17, 15) is 0 Å². The minimum atomic E-state index is 0.439. The van der Waals surface area contributed by atoms with Crippen LogP contribution in [0.15, 0.2) is 0 Å². The van der Waals surface area contributed by atoms with Crippen molar-refractivity contribution in [3.8, 4) is 0 Å². The maximum absolute atomic E-state index is 4.44. The number of nitrogens with one attached hydrogen (secondary N) is 1. The van der Waals surface area contributed by atoms with Gasteiger partial charge in [0.25, 0.3) is 0 Å². The van der Waals surface area contributed by atoms with Gasteiger partial charge in [-0.05, 0) is 32.2 Å². The molecule has 2 aliphatic heterocycles. The molecule has 0 bridgehead atoms. The maximum Gasteiger partial charge on any atom is 0.150 e. The molecule has 2 aliphatic rings. The standard InChI is InChI=1S/C13H22N4/c1-2-5-9-14-11(7-3-1)13-16-15-12-8-4-6-10-17(12)13/h11,14H,1-10H2. The summed E-state index contributed by atoms with van der Waals surface area (Å²) in [6.07, 6.45) is 10.3. The zero-order valence-corrected chi connectivity index (χ0v) is 10.5. The van der Waals surface area contributed by atoms with E-state index in [0.29, 0.717) is 6.04 Å². The first-order valence-electron chi connectivity index (χ1n) is 7.10. The summed E-state index contributed by atoms with van der Waals surface area (Å²) in [6.45, 7) is 2.25. The fourth-order valence-corrected chi connectivity index (χ4v) is 3.01. The summed E-state index contributed by atoms with van der Waals surface area (Å²) >= 11 is 0. The third-order valence-corrected chi connectivity index (χ3v) is 4.01. The van der Waals surface area contributed by atoms with E-state index in [1.165, 1.54) is 56.6 Å². The van der Waals surface area contributed by atoms with Crippen LogP contribution in [-0.2, 0) is 13.0 Å². The number of aryl methyl sites for hydroxylation is 1. The molecule has 0 radical (unpaired) electrons. The predicted molar refractivity (Wildman–Crippen MR) is 66.8 cm³/mol. The van der Waals surface area contributed by atoms with Gasteiger partial charge in [0.05, 0.1) is 6.04 Å². The summed E-state index contributed by atoms with van der Waals surface area (Å²) in [5, 5.41) is 12.5. The van der Waals surface area contributed by atoms with Crippen molar-refractivity contribution in [1.29, 1.82) is 0 Å². The Morgan fingerprint density at radius 1 is 1.00 bits per heavy atom. The van der Waals surface area contributed by atoms with Crippen molar-refractivity contribution < 1.29 is 0 Å². The SMILES string of the molecule is C1CCCC(c2nnc3n2CCCC3)NCC1. The van der Waals surface area contributed by atoms with Crippen LogP contribution in [0.2, 0.25) is 0 Å². The van der Waals surface area contributed by atoms with E-state index in [1.54, 1.807) is 0 Å². The molecule has 0 aliphatic carbocycles. The zero-order chi connectivity index (χ0) is 11.5. The molecule has 0 spiro atoms. The van der Waals surface area contributed by atoms with Crippen molar-refractivity contribution in [2.45, 2.75) is 64.0 Å². The number of hydrogen-bond donors (Lipinski definition) is 1. The van der Waals surface area contributed by atoms with Crippen LogP contribution in [0.4, 0.5) is 0 Å². The average molecular weight is 234 g/mol. The number of hydrogen-bond acceptors (Lipinski definition) is 3. The minimum absolute atomic E-state index is 0.439. The van der Waals surface area contributed by atoms with Gasteiger partial charge in [-0.25, -0.2) is 0 Å². The van der Waals surface area contributed by atoms with E-state index in [4.69, 9.17) is 0 Å². The minimum Gasteiger partial charge on any atom is -0.314 e. The molecule has 94 valence electrons. The molecule has 17 heavy (non-hydrogen) atoms. The Hall–Kier alpha value is -0.900. The molecule has 1 atom stereocenters. The number of rotatable bonds is 1. The number of aromatic nitrogens is 3. The topological polar surface area (TPSA) is 42.7 Å². The Bertz CT molecular complexity index is 363. The highest BCUT2D eigenvalue weighted by Crippen LogP contribution is 2.24. The number of fused-ring (bicyclic) bond motifs is 1. The second kappa shape index (κ2) is 5.17. The van der Waals surface area contributed by atoms with Gasteiger partial charge in [0, 0.05) is 13.0 Å². The third-order valence-electron chi connectivity index (χ3n) is 4.01. The Balaban J connectivity index is 1.79. The van der Waals surface area contributed by atoms with Gasteiger partial charge in [-0.3, -0.25) is 0 Å². The van der Waals surface area contributed by atoms with Gasteiger partial charge in [0.1, 0.15) is 11.6 Å². The maximum atomic E-state index is 4.44. The van der Waals surface area contributed by atoms with Gasteiger partial charge in [0.2, 0.25) is 0 Å². The Morgan fingerprint density at radius 3 is 2.94 bits per heavy atom. The van der Waals surface area contributed by atoms with Crippen LogP contribution >= 0.6 is 0 Å². The monoisotopic (exact) mass is 234 g/mol. The fraction of sp³-hybridized carbons (Fsp3) is 0.846. The first kappa shape index (κ1) is 11.2. The summed E-state index contributed by atoms with van der Waals surface area (Å²) in [7, 11) is 0. The highest BCUT2D eigenvalue weighted by atomic mass is 15.3. The van der Waals surface area contributed by atoms with Gasteiger partial charge in [-0.2, -0.15) is 0 Å². The van der Waals surface area contributed by atoms with Gasteiger partial charge in [-0.15, -0.1) is 10.2 Å². The van der Waals surface area contributed by atoms with Crippen LogP contribution in [0.25, 0.3) is 0 Å². The lowest BCUT2D eigenvalue weighted by molar-refractivity contribution is 0.391. The molecule has 1 N–H and O–H groups in total. The van der Waals surface area contributed by atoms with Crippen LogP contribution < -0.4 is 5.32 Å². The largest absolute Gasteiger partial charge is 0.314 e. The molecule has 1 aromatic heterocycles. The Labute approximate surface area is 103 Å². The molecule has 1 fully saturated rings. The number of nitrogens with zero attached hydrogens (tertiary/aromatic N) is 3. The molecule has 1 aromatic rings. The second-order valence-electron chi connectivity index (χ2n) is 5.29. The van der Waals surface area contributed by atoms with Crippen molar-refractivity contribution in [3.05, 3.63) is 11.6 Å². The average Bonchev–Trinajstić information content (AvgIpc) is 2.73. The van der Waals surface area contributed by atoms with Crippen molar-refractivity contribution >= 4 is 0 Å². The Kier molecular flexibility index (Phi) is 3.41. The van der Waals surface area contributed by atoms with Gasteiger partial charge in [0.15, 0.2) is 0 Å². The summed E-state index contributed by atoms with van der Waals surface area (Å²) in [5.74, 6) is 2.40. The van der Waals surface area contributed by atoms with Crippen molar-refractivity contribution in [3.63, 3.8) is 0 Å². The lowest BCUT2D eigenvalue weighted by Crippen LogP contribution is -2.28. The molecule has 3 heterocycles. The third kappa shape index (κ3) is 2.37. The Morgan fingerprint density at radius 2 is 1.94 bits per heavy atom. The molecular formula is C13H22N4. The van der Waals surface area contributed by atoms with Crippen molar-refractivity contribution in [2.24, 2.45) is 0 Å². The van der Waals surface area contributed by atoms with Gasteiger partial charge >= 0.3 is 0 Å². The molecule has 0 saturated carbocycles. The molecule has 4 nitrogen and oxygen atoms in total. The lowest BCUT2D eigenvalue weighted by Gasteiger charge is -2.23. The van der Waals surface area contributed by atoms with E-state index in [-0.39, 0.29) is 0 Å². The van der Waals surface area contributed by atoms with Crippen LogP contribution in [0.3, 0.4) is 0 Å². The highest BCUT2D eigenvalue weighted by Gasteiger charge is 2.22. The molecule has 1 unspecified atom stereocenters.